The van der Waals surface area contributed by atoms with Crippen LogP contribution < -0.4 is 10.0 Å². The molecule has 0 spiro atoms. The molecule has 0 aliphatic heterocycles. The van der Waals surface area contributed by atoms with Crippen molar-refractivity contribution in [2.45, 2.75) is 129 Å². The van der Waals surface area contributed by atoms with E-state index in [1.807, 2.05) is 0 Å². The van der Waals surface area contributed by atoms with Gasteiger partial charge in [0.05, 0.1) is 17.5 Å². The van der Waals surface area contributed by atoms with E-state index in [4.69, 9.17) is 0 Å². The number of fused-ring (bicyclic) bond motifs is 5. The third kappa shape index (κ3) is 5.17. The molecule has 0 heterocycles. The van der Waals surface area contributed by atoms with E-state index in [1.54, 1.807) is 0 Å². The molecule has 5 aliphatic rings. The molecule has 4 N–H and O–H groups in total. The van der Waals surface area contributed by atoms with Crippen molar-refractivity contribution >= 4 is 16.1 Å². The first-order valence-electron chi connectivity index (χ1n) is 16.1. The molecule has 0 aromatic carbocycles. The van der Waals surface area contributed by atoms with Gasteiger partial charge in [-0.1, -0.05) is 47.0 Å². The van der Waals surface area contributed by atoms with E-state index in [2.05, 4.69) is 37.7 Å². The minimum absolute atomic E-state index is 0.186. The minimum atomic E-state index is -3.59. The Morgan fingerprint density at radius 3 is 2.31 bits per heavy atom. The number of nitrogens with one attached hydrogen (secondary N) is 2. The van der Waals surface area contributed by atoms with Gasteiger partial charge in [0.1, 0.15) is 0 Å². The lowest BCUT2D eigenvalue weighted by Crippen LogP contribution is -2.62. The molecule has 0 saturated heterocycles. The zero-order valence-electron chi connectivity index (χ0n) is 24.7. The summed E-state index contributed by atoms with van der Waals surface area (Å²) in [6.07, 6.45) is 11.9. The topological polar surface area (TPSA) is 116 Å². The van der Waals surface area contributed by atoms with Gasteiger partial charge in [-0.05, 0) is 116 Å². The second-order valence-corrected chi connectivity index (χ2v) is 16.7. The summed E-state index contributed by atoms with van der Waals surface area (Å²) < 4.78 is 27.2. The Morgan fingerprint density at radius 1 is 0.949 bits per heavy atom. The maximum absolute atomic E-state index is 12.5. The summed E-state index contributed by atoms with van der Waals surface area (Å²) in [5.74, 6) is 3.04. The minimum Gasteiger partial charge on any atom is -0.393 e. The quantitative estimate of drug-likeness (QED) is 0.338. The van der Waals surface area contributed by atoms with E-state index in [-0.39, 0.29) is 29.0 Å². The summed E-state index contributed by atoms with van der Waals surface area (Å²) in [6, 6.07) is -0.596. The third-order valence-electron chi connectivity index (χ3n) is 13.0. The zero-order valence-corrected chi connectivity index (χ0v) is 25.5. The van der Waals surface area contributed by atoms with Crippen LogP contribution in [0.2, 0.25) is 0 Å². The van der Waals surface area contributed by atoms with Crippen LogP contribution in [-0.4, -0.2) is 48.7 Å². The van der Waals surface area contributed by atoms with Crippen LogP contribution >= 0.6 is 0 Å². The Balaban J connectivity index is 1.22. The lowest BCUT2D eigenvalue weighted by atomic mass is 9.41. The molecule has 7 nitrogen and oxygen atoms in total. The van der Waals surface area contributed by atoms with Crippen molar-refractivity contribution in [2.75, 3.05) is 6.54 Å². The number of amides is 2. The summed E-state index contributed by atoms with van der Waals surface area (Å²) in [4.78, 5) is 12.4. The molecule has 5 rings (SSSR count). The SMILES string of the molecule is CC[C@H]1[C@@H](O)[C@@H]2[C@H](CC[C@]3(C)[C@@H]([C@H](C)CCNC(=O)NS(=O)(=O)C4CCCC4)CC[C@@H]23)[C@@]2(C)CC[C@@H](O)C[C@@H]12. The summed E-state index contributed by atoms with van der Waals surface area (Å²) in [6.45, 7) is 9.95. The van der Waals surface area contributed by atoms with Crippen molar-refractivity contribution in [2.24, 2.45) is 52.3 Å². The predicted molar refractivity (Wildman–Crippen MR) is 153 cm³/mol. The van der Waals surface area contributed by atoms with Gasteiger partial charge in [-0.25, -0.2) is 17.9 Å². The van der Waals surface area contributed by atoms with Crippen LogP contribution in [0.4, 0.5) is 4.79 Å². The second kappa shape index (κ2) is 11.1. The molecule has 5 aliphatic carbocycles. The number of urea groups is 1. The molecule has 39 heavy (non-hydrogen) atoms. The fourth-order valence-electron chi connectivity index (χ4n) is 11.0. The Labute approximate surface area is 236 Å². The number of aliphatic hydroxyl groups excluding tert-OH is 2. The number of hydrogen-bond acceptors (Lipinski definition) is 5. The first kappa shape index (κ1) is 29.6. The van der Waals surface area contributed by atoms with E-state index >= 15 is 0 Å². The van der Waals surface area contributed by atoms with Gasteiger partial charge in [0.2, 0.25) is 10.0 Å². The van der Waals surface area contributed by atoms with Crippen molar-refractivity contribution < 1.29 is 23.4 Å². The molecule has 8 heteroatoms. The van der Waals surface area contributed by atoms with E-state index < -0.39 is 21.3 Å². The second-order valence-electron chi connectivity index (χ2n) is 14.7. The molecule has 0 aromatic heterocycles. The average Bonchev–Trinajstić information content (AvgIpc) is 3.54. The molecular formula is C31H54N2O5S. The Kier molecular flexibility index (Phi) is 8.42. The van der Waals surface area contributed by atoms with Gasteiger partial charge in [0.25, 0.3) is 0 Å². The van der Waals surface area contributed by atoms with Gasteiger partial charge in [-0.15, -0.1) is 0 Å². The highest BCUT2D eigenvalue weighted by molar-refractivity contribution is 7.90. The third-order valence-corrected chi connectivity index (χ3v) is 14.8. The van der Waals surface area contributed by atoms with Gasteiger partial charge < -0.3 is 15.5 Å². The zero-order chi connectivity index (χ0) is 28.2. The van der Waals surface area contributed by atoms with Crippen LogP contribution in [0.15, 0.2) is 0 Å². The predicted octanol–water partition coefficient (Wildman–Crippen LogP) is 5.21. The fourth-order valence-corrected chi connectivity index (χ4v) is 12.4. The highest BCUT2D eigenvalue weighted by atomic mass is 32.2. The Bertz CT molecular complexity index is 999. The van der Waals surface area contributed by atoms with E-state index in [9.17, 15) is 23.4 Å². The van der Waals surface area contributed by atoms with Gasteiger partial charge >= 0.3 is 6.03 Å². The molecule has 0 aromatic rings. The lowest BCUT2D eigenvalue weighted by molar-refractivity contribution is -0.203. The average molecular weight is 567 g/mol. The number of rotatable bonds is 7. The van der Waals surface area contributed by atoms with Gasteiger partial charge in [-0.2, -0.15) is 0 Å². The summed E-state index contributed by atoms with van der Waals surface area (Å²) in [7, 11) is -3.59. The van der Waals surface area contributed by atoms with Crippen molar-refractivity contribution in [3.8, 4) is 0 Å². The maximum Gasteiger partial charge on any atom is 0.328 e. The summed E-state index contributed by atoms with van der Waals surface area (Å²) in [5.41, 5.74) is 0.399. The van der Waals surface area contributed by atoms with Crippen LogP contribution in [0.5, 0.6) is 0 Å². The Morgan fingerprint density at radius 2 is 1.62 bits per heavy atom. The Hall–Kier alpha value is -0.860. The van der Waals surface area contributed by atoms with Crippen LogP contribution in [0.1, 0.15) is 111 Å². The van der Waals surface area contributed by atoms with Crippen molar-refractivity contribution in [3.05, 3.63) is 0 Å². The van der Waals surface area contributed by atoms with E-state index in [0.717, 1.165) is 64.2 Å². The number of aliphatic hydroxyl groups is 2. The monoisotopic (exact) mass is 566 g/mol. The molecule has 0 unspecified atom stereocenters. The van der Waals surface area contributed by atoms with Crippen LogP contribution in [0.25, 0.3) is 0 Å². The summed E-state index contributed by atoms with van der Waals surface area (Å²) >= 11 is 0. The number of carbonyl (C=O) groups is 1. The molecule has 5 saturated carbocycles. The van der Waals surface area contributed by atoms with Gasteiger partial charge in [0, 0.05) is 6.54 Å². The standard InChI is InChI=1S/C31H54N2O5S/c1-5-22-26-18-20(34)12-15-31(26,4)25-13-16-30(3)23(10-11-24(30)27(25)28(22)35)19(2)14-17-32-29(36)33-39(37,38)21-8-6-7-9-21/h19-28,34-35H,5-18H2,1-4H3,(H2,32,33,36)/t19-,20-,22-,23-,24+,25+,26+,27+,28-,30-,31-/m1/s1. The van der Waals surface area contributed by atoms with Crippen LogP contribution in [0.3, 0.4) is 0 Å². The van der Waals surface area contributed by atoms with E-state index in [1.165, 1.54) is 6.42 Å². The lowest BCUT2D eigenvalue weighted by Gasteiger charge is -2.64. The van der Waals surface area contributed by atoms with Crippen molar-refractivity contribution in [1.29, 1.82) is 0 Å². The molecule has 224 valence electrons. The molecule has 11 atom stereocenters. The smallest absolute Gasteiger partial charge is 0.328 e. The highest BCUT2D eigenvalue weighted by Gasteiger charge is 2.64. The number of carbonyl (C=O) groups excluding carboxylic acids is 1. The maximum atomic E-state index is 12.5. The van der Waals surface area contributed by atoms with Gasteiger partial charge in [0.15, 0.2) is 0 Å². The van der Waals surface area contributed by atoms with Crippen LogP contribution in [-0.2, 0) is 10.0 Å². The van der Waals surface area contributed by atoms with Gasteiger partial charge in [-0.3, -0.25) is 0 Å². The summed E-state index contributed by atoms with van der Waals surface area (Å²) in [5, 5.41) is 24.8. The van der Waals surface area contributed by atoms with Crippen LogP contribution in [0, 0.1) is 52.3 Å². The fraction of sp³-hybridized carbons (Fsp3) is 0.968. The largest absolute Gasteiger partial charge is 0.393 e. The molecular weight excluding hydrogens is 512 g/mol. The number of sulfonamides is 1. The van der Waals surface area contributed by atoms with Crippen molar-refractivity contribution in [3.63, 3.8) is 0 Å². The first-order chi connectivity index (χ1) is 18.4. The van der Waals surface area contributed by atoms with E-state index in [0.29, 0.717) is 54.9 Å². The molecule has 0 bridgehead atoms. The number of hydrogen-bond donors (Lipinski definition) is 4. The first-order valence-corrected chi connectivity index (χ1v) is 17.6. The molecule has 5 fully saturated rings. The molecule has 0 radical (unpaired) electrons. The van der Waals surface area contributed by atoms with Crippen molar-refractivity contribution in [1.82, 2.24) is 10.0 Å². The molecule has 2 amide bonds. The normalized spacial score (nSPS) is 45.2. The highest BCUT2D eigenvalue weighted by Crippen LogP contribution is 2.69.